The lowest BCUT2D eigenvalue weighted by molar-refractivity contribution is -0.115. The van der Waals surface area contributed by atoms with Gasteiger partial charge in [0, 0.05) is 12.6 Å². The molecule has 66 valence electrons. The summed E-state index contributed by atoms with van der Waals surface area (Å²) in [5.41, 5.74) is 11.3. The van der Waals surface area contributed by atoms with E-state index in [1.54, 1.807) is 24.3 Å². The van der Waals surface area contributed by atoms with Crippen molar-refractivity contribution in [2.75, 3.05) is 5.73 Å². The van der Waals surface area contributed by atoms with Crippen LogP contribution < -0.4 is 16.2 Å². The van der Waals surface area contributed by atoms with Gasteiger partial charge in [0.2, 0.25) is 0 Å². The molecule has 1 unspecified atom stereocenters. The first kappa shape index (κ1) is 8.83. The molecule has 0 fully saturated rings. The summed E-state index contributed by atoms with van der Waals surface area (Å²) < 4.78 is 4.93. The zero-order valence-corrected chi connectivity index (χ0v) is 6.82. The molecular formula is C8H12N2O2. The number of nitrogen functional groups attached to an aromatic ring is 1. The first-order valence-corrected chi connectivity index (χ1v) is 3.53. The molecule has 0 spiro atoms. The molecule has 1 atom stereocenters. The molecule has 4 heteroatoms. The average molecular weight is 168 g/mol. The fourth-order valence-electron chi connectivity index (χ4n) is 0.774. The Labute approximate surface area is 70.7 Å². The highest BCUT2D eigenvalue weighted by Crippen LogP contribution is 2.15. The number of aliphatic hydroxyl groups is 1. The zero-order chi connectivity index (χ0) is 9.19. The van der Waals surface area contributed by atoms with Gasteiger partial charge in [-0.2, -0.15) is 0 Å². The number of benzene rings is 1. The van der Waals surface area contributed by atoms with Crippen molar-refractivity contribution in [3.63, 3.8) is 0 Å². The molecule has 1 aromatic carbocycles. The van der Waals surface area contributed by atoms with E-state index in [9.17, 15) is 0 Å². The Morgan fingerprint density at radius 2 is 1.83 bits per heavy atom. The molecule has 0 aliphatic carbocycles. The van der Waals surface area contributed by atoms with Crippen molar-refractivity contribution in [1.82, 2.24) is 0 Å². The number of hydrogen-bond donors (Lipinski definition) is 3. The Morgan fingerprint density at radius 3 is 2.25 bits per heavy atom. The molecule has 0 radical (unpaired) electrons. The third kappa shape index (κ3) is 2.77. The molecule has 4 nitrogen and oxygen atoms in total. The minimum Gasteiger partial charge on any atom is -0.450 e. The van der Waals surface area contributed by atoms with E-state index in [1.165, 1.54) is 6.92 Å². The molecule has 0 aliphatic heterocycles. The topological polar surface area (TPSA) is 81.5 Å². The highest BCUT2D eigenvalue weighted by molar-refractivity contribution is 5.41. The second-order valence-electron chi connectivity index (χ2n) is 2.73. The maximum absolute atomic E-state index is 9.06. The first-order valence-electron chi connectivity index (χ1n) is 3.53. The number of ether oxygens (including phenoxy) is 1. The van der Waals surface area contributed by atoms with Crippen molar-refractivity contribution in [2.45, 2.75) is 12.8 Å². The quantitative estimate of drug-likeness (QED) is 0.437. The Morgan fingerprint density at radius 1 is 1.33 bits per heavy atom. The third-order valence-corrected chi connectivity index (χ3v) is 1.20. The summed E-state index contributed by atoms with van der Waals surface area (Å²) in [6, 6.07) is 6.61. The van der Waals surface area contributed by atoms with E-state index in [0.29, 0.717) is 11.4 Å². The summed E-state index contributed by atoms with van der Waals surface area (Å²) >= 11 is 0. The van der Waals surface area contributed by atoms with E-state index in [-0.39, 0.29) is 0 Å². The van der Waals surface area contributed by atoms with Crippen LogP contribution in [0.15, 0.2) is 24.3 Å². The minimum absolute atomic E-state index is 0.483. The van der Waals surface area contributed by atoms with Gasteiger partial charge in [0.05, 0.1) is 0 Å². The van der Waals surface area contributed by atoms with Crippen molar-refractivity contribution in [1.29, 1.82) is 0 Å². The van der Waals surface area contributed by atoms with E-state index >= 15 is 0 Å². The Balaban J connectivity index is 2.71. The molecule has 0 heterocycles. The van der Waals surface area contributed by atoms with Crippen LogP contribution in [0.1, 0.15) is 6.92 Å². The van der Waals surface area contributed by atoms with Gasteiger partial charge in [0.15, 0.2) is 0 Å². The van der Waals surface area contributed by atoms with Crippen LogP contribution in [0.5, 0.6) is 5.75 Å². The van der Waals surface area contributed by atoms with E-state index in [0.717, 1.165) is 0 Å². The molecule has 1 aromatic rings. The number of anilines is 1. The third-order valence-electron chi connectivity index (χ3n) is 1.20. The number of hydrogen-bond acceptors (Lipinski definition) is 4. The van der Waals surface area contributed by atoms with Gasteiger partial charge in [0.1, 0.15) is 5.75 Å². The largest absolute Gasteiger partial charge is 0.450 e. The summed E-state index contributed by atoms with van der Waals surface area (Å²) in [5, 5.41) is 9.06. The van der Waals surface area contributed by atoms with Gasteiger partial charge in [-0.1, -0.05) is 0 Å². The average Bonchev–Trinajstić information content (AvgIpc) is 1.91. The molecule has 0 bridgehead atoms. The predicted molar refractivity (Wildman–Crippen MR) is 46.3 cm³/mol. The maximum atomic E-state index is 9.06. The number of rotatable bonds is 2. The lowest BCUT2D eigenvalue weighted by Crippen LogP contribution is -2.42. The van der Waals surface area contributed by atoms with E-state index in [1.807, 2.05) is 0 Å². The highest BCUT2D eigenvalue weighted by Gasteiger charge is 2.13. The van der Waals surface area contributed by atoms with Gasteiger partial charge in [-0.15, -0.1) is 0 Å². The molecule has 5 N–H and O–H groups in total. The van der Waals surface area contributed by atoms with Crippen molar-refractivity contribution in [3.8, 4) is 5.75 Å². The first-order chi connectivity index (χ1) is 5.47. The molecule has 0 aliphatic rings. The van der Waals surface area contributed by atoms with Gasteiger partial charge in [-0.3, -0.25) is 5.73 Å². The standard InChI is InChI=1S/C8H12N2O2/c1-8(10,11)12-7-4-2-6(9)3-5-7/h2-5,11H,9-10H2,1H3. The molecular weight excluding hydrogens is 156 g/mol. The maximum Gasteiger partial charge on any atom is 0.262 e. The Bertz CT molecular complexity index is 251. The van der Waals surface area contributed by atoms with Crippen molar-refractivity contribution >= 4 is 5.69 Å². The fraction of sp³-hybridized carbons (Fsp3) is 0.250. The van der Waals surface area contributed by atoms with E-state index < -0.39 is 5.91 Å². The summed E-state index contributed by atoms with van der Waals surface area (Å²) in [7, 11) is 0. The van der Waals surface area contributed by atoms with Crippen LogP contribution >= 0.6 is 0 Å². The summed E-state index contributed by atoms with van der Waals surface area (Å²) in [4.78, 5) is 0. The molecule has 0 aromatic heterocycles. The van der Waals surface area contributed by atoms with Crippen LogP contribution in [-0.4, -0.2) is 11.0 Å². The Hall–Kier alpha value is -1.26. The fourth-order valence-corrected chi connectivity index (χ4v) is 0.774. The van der Waals surface area contributed by atoms with Gasteiger partial charge in [-0.25, -0.2) is 0 Å². The summed E-state index contributed by atoms with van der Waals surface area (Å²) in [6.45, 7) is 1.35. The van der Waals surface area contributed by atoms with Gasteiger partial charge in [-0.05, 0) is 24.3 Å². The molecule has 12 heavy (non-hydrogen) atoms. The predicted octanol–water partition coefficient (Wildman–Crippen LogP) is 0.272. The van der Waals surface area contributed by atoms with Crippen LogP contribution in [0, 0.1) is 0 Å². The zero-order valence-electron chi connectivity index (χ0n) is 6.82. The van der Waals surface area contributed by atoms with Crippen molar-refractivity contribution < 1.29 is 9.84 Å². The van der Waals surface area contributed by atoms with Crippen LogP contribution in [-0.2, 0) is 0 Å². The lowest BCUT2D eigenvalue weighted by atomic mass is 10.3. The SMILES string of the molecule is CC(N)(O)Oc1ccc(N)cc1. The van der Waals surface area contributed by atoms with Crippen molar-refractivity contribution in [2.24, 2.45) is 5.73 Å². The summed E-state index contributed by atoms with van der Waals surface area (Å²) in [6.07, 6.45) is 0. The van der Waals surface area contributed by atoms with E-state index in [2.05, 4.69) is 0 Å². The molecule has 0 amide bonds. The van der Waals surface area contributed by atoms with Crippen LogP contribution in [0.2, 0.25) is 0 Å². The van der Waals surface area contributed by atoms with Crippen LogP contribution in [0.25, 0.3) is 0 Å². The van der Waals surface area contributed by atoms with Crippen LogP contribution in [0.4, 0.5) is 5.69 Å². The van der Waals surface area contributed by atoms with Gasteiger partial charge < -0.3 is 15.6 Å². The smallest absolute Gasteiger partial charge is 0.262 e. The van der Waals surface area contributed by atoms with Crippen LogP contribution in [0.3, 0.4) is 0 Å². The Kier molecular flexibility index (Phi) is 2.21. The molecule has 0 saturated carbocycles. The lowest BCUT2D eigenvalue weighted by Gasteiger charge is -2.18. The van der Waals surface area contributed by atoms with E-state index in [4.69, 9.17) is 21.3 Å². The van der Waals surface area contributed by atoms with Crippen molar-refractivity contribution in [3.05, 3.63) is 24.3 Å². The molecule has 0 saturated heterocycles. The minimum atomic E-state index is -1.64. The molecule has 1 rings (SSSR count). The van der Waals surface area contributed by atoms with Gasteiger partial charge >= 0.3 is 0 Å². The number of nitrogens with two attached hydrogens (primary N) is 2. The summed E-state index contributed by atoms with van der Waals surface area (Å²) in [5.74, 6) is -1.16. The van der Waals surface area contributed by atoms with Gasteiger partial charge in [0.25, 0.3) is 5.91 Å². The monoisotopic (exact) mass is 168 g/mol. The normalized spacial score (nSPS) is 15.2. The highest BCUT2D eigenvalue weighted by atomic mass is 16.6. The second kappa shape index (κ2) is 3.00. The second-order valence-corrected chi connectivity index (χ2v) is 2.73.